The van der Waals surface area contributed by atoms with Crippen LogP contribution in [0.4, 0.5) is 0 Å². The van der Waals surface area contributed by atoms with Crippen LogP contribution in [0, 0.1) is 0 Å². The molecule has 0 bridgehead atoms. The summed E-state index contributed by atoms with van der Waals surface area (Å²) in [6.45, 7) is 10.8. The maximum absolute atomic E-state index is 11.6. The van der Waals surface area contributed by atoms with Crippen LogP contribution in [0.1, 0.15) is 65.2 Å². The zero-order valence-electron chi connectivity index (χ0n) is 18.2. The van der Waals surface area contributed by atoms with Crippen LogP contribution in [0.2, 0.25) is 0 Å². The van der Waals surface area contributed by atoms with Crippen LogP contribution in [-0.2, 0) is 38.1 Å². The molecule has 0 radical (unpaired) electrons. The summed E-state index contributed by atoms with van der Waals surface area (Å²) in [7, 11) is 0. The van der Waals surface area contributed by atoms with Gasteiger partial charge >= 0.3 is 23.9 Å². The van der Waals surface area contributed by atoms with Crippen LogP contribution in [0.25, 0.3) is 0 Å². The molecule has 0 N–H and O–H groups in total. The largest absolute Gasteiger partial charge is 0.462 e. The van der Waals surface area contributed by atoms with Crippen molar-refractivity contribution >= 4 is 23.9 Å². The number of hydrogen-bond donors (Lipinski definition) is 0. The van der Waals surface area contributed by atoms with E-state index in [9.17, 15) is 19.2 Å². The highest BCUT2D eigenvalue weighted by molar-refractivity contribution is 5.87. The van der Waals surface area contributed by atoms with Gasteiger partial charge in [0.05, 0.1) is 13.2 Å². The minimum Gasteiger partial charge on any atom is -0.462 e. The molecule has 8 heteroatoms. The van der Waals surface area contributed by atoms with E-state index in [1.165, 1.54) is 0 Å². The maximum atomic E-state index is 11.6. The Morgan fingerprint density at radius 2 is 0.900 bits per heavy atom. The van der Waals surface area contributed by atoms with Crippen molar-refractivity contribution < 1.29 is 38.1 Å². The number of unbranched alkanes of at least 4 members (excludes halogenated alkanes) is 4. The second kappa shape index (κ2) is 17.2. The van der Waals surface area contributed by atoms with E-state index >= 15 is 0 Å². The molecule has 30 heavy (non-hydrogen) atoms. The molecule has 0 saturated carbocycles. The molecule has 0 aliphatic carbocycles. The van der Waals surface area contributed by atoms with Gasteiger partial charge in [-0.05, 0) is 52.4 Å². The van der Waals surface area contributed by atoms with Gasteiger partial charge in [0.1, 0.15) is 13.2 Å². The summed E-state index contributed by atoms with van der Waals surface area (Å²) in [6, 6.07) is 0. The second-order valence-electron chi connectivity index (χ2n) is 6.89. The zero-order valence-corrected chi connectivity index (χ0v) is 18.2. The second-order valence-corrected chi connectivity index (χ2v) is 6.89. The predicted molar refractivity (Wildman–Crippen MR) is 110 cm³/mol. The van der Waals surface area contributed by atoms with Crippen molar-refractivity contribution in [3.05, 3.63) is 24.3 Å². The Morgan fingerprint density at radius 1 is 0.533 bits per heavy atom. The van der Waals surface area contributed by atoms with Gasteiger partial charge in [0.25, 0.3) is 0 Å². The van der Waals surface area contributed by atoms with Crippen LogP contribution in [0.15, 0.2) is 24.3 Å². The number of hydrogen-bond acceptors (Lipinski definition) is 8. The fourth-order valence-electron chi connectivity index (χ4n) is 2.13. The van der Waals surface area contributed by atoms with Crippen LogP contribution in [0.3, 0.4) is 0 Å². The van der Waals surface area contributed by atoms with E-state index in [-0.39, 0.29) is 38.0 Å². The molecule has 0 aromatic rings. The molecule has 0 saturated heterocycles. The van der Waals surface area contributed by atoms with E-state index in [0.717, 1.165) is 12.8 Å². The Balaban J connectivity index is 3.48. The van der Waals surface area contributed by atoms with E-state index < -0.39 is 11.9 Å². The molecule has 0 spiro atoms. The number of carbonyl (C=O) groups is 4. The van der Waals surface area contributed by atoms with Crippen molar-refractivity contribution in [3.63, 3.8) is 0 Å². The average Bonchev–Trinajstić information content (AvgIpc) is 2.69. The first-order chi connectivity index (χ1) is 14.2. The summed E-state index contributed by atoms with van der Waals surface area (Å²) in [6.07, 6.45) is 4.59. The lowest BCUT2D eigenvalue weighted by Crippen LogP contribution is -2.14. The van der Waals surface area contributed by atoms with Gasteiger partial charge in [-0.1, -0.05) is 13.2 Å². The van der Waals surface area contributed by atoms with Crippen LogP contribution in [0.5, 0.6) is 0 Å². The molecule has 0 aliphatic heterocycles. The summed E-state index contributed by atoms with van der Waals surface area (Å²) >= 11 is 0. The number of rotatable bonds is 17. The van der Waals surface area contributed by atoms with E-state index in [2.05, 4.69) is 13.2 Å². The van der Waals surface area contributed by atoms with E-state index in [1.54, 1.807) is 13.8 Å². The first kappa shape index (κ1) is 27.4. The summed E-state index contributed by atoms with van der Waals surface area (Å²) < 4.78 is 19.9. The number of carbonyl (C=O) groups excluding carboxylic acids is 4. The van der Waals surface area contributed by atoms with E-state index in [0.29, 0.717) is 50.0 Å². The Kier molecular flexibility index (Phi) is 15.7. The van der Waals surface area contributed by atoms with Gasteiger partial charge in [-0.2, -0.15) is 0 Å². The molecule has 0 unspecified atom stereocenters. The Labute approximate surface area is 178 Å². The molecule has 0 heterocycles. The number of esters is 4. The third-order valence-electron chi connectivity index (χ3n) is 3.82. The molecule has 0 fully saturated rings. The Hall–Kier alpha value is -2.64. The van der Waals surface area contributed by atoms with Gasteiger partial charge in [-0.3, -0.25) is 9.59 Å². The smallest absolute Gasteiger partial charge is 0.333 e. The zero-order chi connectivity index (χ0) is 22.8. The maximum Gasteiger partial charge on any atom is 0.333 e. The highest BCUT2D eigenvalue weighted by Gasteiger charge is 2.07. The van der Waals surface area contributed by atoms with Crippen LogP contribution in [-0.4, -0.2) is 50.3 Å². The van der Waals surface area contributed by atoms with Gasteiger partial charge in [0.2, 0.25) is 0 Å². The van der Waals surface area contributed by atoms with Gasteiger partial charge in [0, 0.05) is 24.0 Å². The van der Waals surface area contributed by atoms with Crippen molar-refractivity contribution in [2.75, 3.05) is 26.4 Å². The summed E-state index contributed by atoms with van der Waals surface area (Å²) in [4.78, 5) is 45.5. The van der Waals surface area contributed by atoms with Gasteiger partial charge in [-0.25, -0.2) is 9.59 Å². The third-order valence-corrected chi connectivity index (χ3v) is 3.82. The van der Waals surface area contributed by atoms with Gasteiger partial charge in [-0.15, -0.1) is 0 Å². The monoisotopic (exact) mass is 426 g/mol. The fraction of sp³-hybridized carbons (Fsp3) is 0.636. The van der Waals surface area contributed by atoms with Crippen LogP contribution >= 0.6 is 0 Å². The topological polar surface area (TPSA) is 105 Å². The minimum atomic E-state index is -0.409. The molecule has 170 valence electrons. The van der Waals surface area contributed by atoms with Gasteiger partial charge in [0.15, 0.2) is 0 Å². The lowest BCUT2D eigenvalue weighted by molar-refractivity contribution is -0.152. The summed E-state index contributed by atoms with van der Waals surface area (Å²) in [5, 5.41) is 0. The molecule has 0 aromatic heterocycles. The van der Waals surface area contributed by atoms with E-state index in [1.807, 2.05) is 0 Å². The number of ether oxygens (including phenoxy) is 4. The standard InChI is InChI=1S/C22H34O8/c1-17(2)21(25)29-13-9-5-7-11-19(23)27-15-16-28-20(24)12-8-6-10-14-30-22(26)18(3)4/h1,3,5-16H2,2,4H3. The molecule has 0 aliphatic rings. The SMILES string of the molecule is C=C(C)C(=O)OCCCCCC(=O)OCCOC(=O)CCCCCOC(=O)C(=C)C. The molecule has 0 amide bonds. The molecule has 0 atom stereocenters. The van der Waals surface area contributed by atoms with E-state index in [4.69, 9.17) is 18.9 Å². The third kappa shape index (κ3) is 16.3. The summed E-state index contributed by atoms with van der Waals surface area (Å²) in [5.74, 6) is -1.52. The first-order valence-electron chi connectivity index (χ1n) is 10.2. The summed E-state index contributed by atoms with van der Waals surface area (Å²) in [5.41, 5.74) is 0.724. The minimum absolute atomic E-state index is 0.0255. The predicted octanol–water partition coefficient (Wildman–Crippen LogP) is 3.43. The molecular weight excluding hydrogens is 392 g/mol. The molecule has 0 aromatic carbocycles. The lowest BCUT2D eigenvalue weighted by Gasteiger charge is -2.07. The Morgan fingerprint density at radius 3 is 1.23 bits per heavy atom. The molecular formula is C22H34O8. The van der Waals surface area contributed by atoms with Crippen molar-refractivity contribution in [3.8, 4) is 0 Å². The van der Waals surface area contributed by atoms with Crippen molar-refractivity contribution in [1.29, 1.82) is 0 Å². The highest BCUT2D eigenvalue weighted by Crippen LogP contribution is 2.05. The normalized spacial score (nSPS) is 10.1. The first-order valence-corrected chi connectivity index (χ1v) is 10.2. The van der Waals surface area contributed by atoms with Gasteiger partial charge < -0.3 is 18.9 Å². The van der Waals surface area contributed by atoms with Crippen molar-refractivity contribution in [1.82, 2.24) is 0 Å². The lowest BCUT2D eigenvalue weighted by atomic mass is 10.2. The Bertz CT molecular complexity index is 542. The molecule has 0 rings (SSSR count). The average molecular weight is 427 g/mol. The van der Waals surface area contributed by atoms with Crippen LogP contribution < -0.4 is 0 Å². The highest BCUT2D eigenvalue weighted by atomic mass is 16.6. The van der Waals surface area contributed by atoms with Crippen molar-refractivity contribution in [2.24, 2.45) is 0 Å². The fourth-order valence-corrected chi connectivity index (χ4v) is 2.13. The quantitative estimate of drug-likeness (QED) is 0.151. The molecule has 8 nitrogen and oxygen atoms in total. The van der Waals surface area contributed by atoms with Crippen molar-refractivity contribution in [2.45, 2.75) is 65.2 Å².